The third-order valence-electron chi connectivity index (χ3n) is 4.00. The molecule has 0 aromatic heterocycles. The maximum Gasteiger partial charge on any atom is 0.175 e. The molecule has 1 aromatic carbocycles. The van der Waals surface area contributed by atoms with Gasteiger partial charge in [0.1, 0.15) is 0 Å². The second-order valence-electron chi connectivity index (χ2n) is 5.59. The van der Waals surface area contributed by atoms with E-state index in [0.29, 0.717) is 5.92 Å². The third kappa shape index (κ3) is 3.89. The molecule has 1 atom stereocenters. The largest absolute Gasteiger partial charge is 0.493 e. The van der Waals surface area contributed by atoms with E-state index >= 15 is 0 Å². The summed E-state index contributed by atoms with van der Waals surface area (Å²) in [4.78, 5) is 0. The first-order valence-corrected chi connectivity index (χ1v) is 8.18. The standard InChI is InChI=1S/C16H24BrNO2/c1-3-13(18)7-12-8-14(17)16(15(9-12)19-2)20-10-11-5-4-6-11/h8-9,11,13H,3-7,10,18H2,1-2H3. The van der Waals surface area contributed by atoms with E-state index in [9.17, 15) is 0 Å². The molecule has 0 saturated heterocycles. The Balaban J connectivity index is 2.09. The molecule has 1 fully saturated rings. The van der Waals surface area contributed by atoms with E-state index < -0.39 is 0 Å². The van der Waals surface area contributed by atoms with Crippen LogP contribution in [0.15, 0.2) is 16.6 Å². The minimum absolute atomic E-state index is 0.188. The molecular formula is C16H24BrNO2. The van der Waals surface area contributed by atoms with Crippen LogP contribution in [0.1, 0.15) is 38.2 Å². The van der Waals surface area contributed by atoms with Gasteiger partial charge in [-0.05, 0) is 65.2 Å². The van der Waals surface area contributed by atoms with Gasteiger partial charge in [-0.25, -0.2) is 0 Å². The Labute approximate surface area is 130 Å². The highest BCUT2D eigenvalue weighted by molar-refractivity contribution is 9.10. The summed E-state index contributed by atoms with van der Waals surface area (Å²) >= 11 is 3.59. The van der Waals surface area contributed by atoms with Crippen LogP contribution >= 0.6 is 15.9 Å². The van der Waals surface area contributed by atoms with Crippen LogP contribution in [-0.2, 0) is 6.42 Å². The van der Waals surface area contributed by atoms with Crippen LogP contribution in [0.2, 0.25) is 0 Å². The smallest absolute Gasteiger partial charge is 0.175 e. The summed E-state index contributed by atoms with van der Waals surface area (Å²) in [6.07, 6.45) is 5.72. The van der Waals surface area contributed by atoms with E-state index in [4.69, 9.17) is 15.2 Å². The van der Waals surface area contributed by atoms with E-state index in [2.05, 4.69) is 28.9 Å². The average Bonchev–Trinajstić information content (AvgIpc) is 2.38. The molecule has 4 heteroatoms. The second-order valence-corrected chi connectivity index (χ2v) is 6.44. The Morgan fingerprint density at radius 3 is 2.70 bits per heavy atom. The summed E-state index contributed by atoms with van der Waals surface area (Å²) in [5.74, 6) is 2.31. The lowest BCUT2D eigenvalue weighted by atomic mass is 9.86. The number of nitrogens with two attached hydrogens (primary N) is 1. The van der Waals surface area contributed by atoms with E-state index in [0.717, 1.165) is 35.4 Å². The lowest BCUT2D eigenvalue weighted by molar-refractivity contribution is 0.175. The van der Waals surface area contributed by atoms with Crippen LogP contribution in [0.4, 0.5) is 0 Å². The van der Waals surface area contributed by atoms with Gasteiger partial charge in [-0.15, -0.1) is 0 Å². The van der Waals surface area contributed by atoms with Gasteiger partial charge in [0, 0.05) is 6.04 Å². The molecule has 0 bridgehead atoms. The van der Waals surface area contributed by atoms with Gasteiger partial charge in [0.2, 0.25) is 0 Å². The Hall–Kier alpha value is -0.740. The number of ether oxygens (including phenoxy) is 2. The van der Waals surface area contributed by atoms with Crippen molar-refractivity contribution in [2.75, 3.05) is 13.7 Å². The highest BCUT2D eigenvalue weighted by atomic mass is 79.9. The van der Waals surface area contributed by atoms with E-state index in [1.165, 1.54) is 24.8 Å². The number of halogens is 1. The molecule has 1 aromatic rings. The van der Waals surface area contributed by atoms with Crippen LogP contribution in [0.3, 0.4) is 0 Å². The first kappa shape index (κ1) is 15.6. The Kier molecular flexibility index (Phi) is 5.73. The molecule has 1 unspecified atom stereocenters. The first-order valence-electron chi connectivity index (χ1n) is 7.38. The quantitative estimate of drug-likeness (QED) is 0.817. The highest BCUT2D eigenvalue weighted by Crippen LogP contribution is 2.38. The number of benzene rings is 1. The van der Waals surface area contributed by atoms with Crippen molar-refractivity contribution >= 4 is 15.9 Å². The van der Waals surface area contributed by atoms with Crippen LogP contribution < -0.4 is 15.2 Å². The van der Waals surface area contributed by atoms with Gasteiger partial charge in [-0.3, -0.25) is 0 Å². The molecule has 1 aliphatic rings. The van der Waals surface area contributed by atoms with Crippen molar-refractivity contribution in [2.24, 2.45) is 11.7 Å². The van der Waals surface area contributed by atoms with Gasteiger partial charge in [0.25, 0.3) is 0 Å². The third-order valence-corrected chi connectivity index (χ3v) is 4.59. The van der Waals surface area contributed by atoms with Gasteiger partial charge in [0.05, 0.1) is 18.2 Å². The van der Waals surface area contributed by atoms with E-state index in [-0.39, 0.29) is 6.04 Å². The van der Waals surface area contributed by atoms with Gasteiger partial charge >= 0.3 is 0 Å². The summed E-state index contributed by atoms with van der Waals surface area (Å²) in [5, 5.41) is 0. The average molecular weight is 342 g/mol. The molecule has 0 amide bonds. The Morgan fingerprint density at radius 1 is 1.40 bits per heavy atom. The minimum atomic E-state index is 0.188. The number of hydrogen-bond acceptors (Lipinski definition) is 3. The van der Waals surface area contributed by atoms with Crippen LogP contribution in [0, 0.1) is 5.92 Å². The van der Waals surface area contributed by atoms with Gasteiger partial charge < -0.3 is 15.2 Å². The van der Waals surface area contributed by atoms with Crippen molar-refractivity contribution in [3.8, 4) is 11.5 Å². The molecule has 112 valence electrons. The van der Waals surface area contributed by atoms with Crippen molar-refractivity contribution < 1.29 is 9.47 Å². The summed E-state index contributed by atoms with van der Waals surface area (Å²) in [6.45, 7) is 2.88. The van der Waals surface area contributed by atoms with E-state index in [1.807, 2.05) is 6.07 Å². The van der Waals surface area contributed by atoms with Crippen molar-refractivity contribution in [3.63, 3.8) is 0 Å². The zero-order valence-corrected chi connectivity index (χ0v) is 13.9. The normalized spacial score (nSPS) is 16.6. The summed E-state index contributed by atoms with van der Waals surface area (Å²) in [6, 6.07) is 4.32. The number of rotatable bonds is 7. The molecular weight excluding hydrogens is 318 g/mol. The van der Waals surface area contributed by atoms with Crippen molar-refractivity contribution in [1.29, 1.82) is 0 Å². The Morgan fingerprint density at radius 2 is 2.15 bits per heavy atom. The van der Waals surface area contributed by atoms with Crippen molar-refractivity contribution in [3.05, 3.63) is 22.2 Å². The maximum atomic E-state index is 6.02. The lowest BCUT2D eigenvalue weighted by Gasteiger charge is -2.26. The second kappa shape index (κ2) is 7.32. The fourth-order valence-electron chi connectivity index (χ4n) is 2.34. The predicted octanol–water partition coefficient (Wildman–Crippen LogP) is 3.92. The molecule has 0 radical (unpaired) electrons. The number of hydrogen-bond donors (Lipinski definition) is 1. The maximum absolute atomic E-state index is 6.02. The molecule has 1 saturated carbocycles. The Bertz CT molecular complexity index is 446. The zero-order chi connectivity index (χ0) is 14.5. The molecule has 2 rings (SSSR count). The van der Waals surface area contributed by atoms with Crippen LogP contribution in [0.25, 0.3) is 0 Å². The minimum Gasteiger partial charge on any atom is -0.493 e. The van der Waals surface area contributed by atoms with Crippen LogP contribution in [0.5, 0.6) is 11.5 Å². The van der Waals surface area contributed by atoms with Crippen LogP contribution in [-0.4, -0.2) is 19.8 Å². The van der Waals surface area contributed by atoms with Gasteiger partial charge in [-0.1, -0.05) is 13.3 Å². The number of methoxy groups -OCH3 is 1. The van der Waals surface area contributed by atoms with Crippen molar-refractivity contribution in [1.82, 2.24) is 0 Å². The molecule has 0 spiro atoms. The topological polar surface area (TPSA) is 44.5 Å². The predicted molar refractivity (Wildman–Crippen MR) is 85.5 cm³/mol. The molecule has 20 heavy (non-hydrogen) atoms. The fourth-order valence-corrected chi connectivity index (χ4v) is 2.94. The monoisotopic (exact) mass is 341 g/mol. The summed E-state index contributed by atoms with van der Waals surface area (Å²) < 4.78 is 12.4. The van der Waals surface area contributed by atoms with Gasteiger partial charge in [0.15, 0.2) is 11.5 Å². The van der Waals surface area contributed by atoms with E-state index in [1.54, 1.807) is 7.11 Å². The zero-order valence-electron chi connectivity index (χ0n) is 12.3. The first-order chi connectivity index (χ1) is 9.63. The lowest BCUT2D eigenvalue weighted by Crippen LogP contribution is -2.21. The molecule has 3 nitrogen and oxygen atoms in total. The fraction of sp³-hybridized carbons (Fsp3) is 0.625. The molecule has 2 N–H and O–H groups in total. The highest BCUT2D eigenvalue weighted by Gasteiger charge is 2.20. The van der Waals surface area contributed by atoms with Crippen molar-refractivity contribution in [2.45, 2.75) is 45.1 Å². The molecule has 1 aliphatic carbocycles. The SMILES string of the molecule is CCC(N)Cc1cc(Br)c(OCC2CCC2)c(OC)c1. The summed E-state index contributed by atoms with van der Waals surface area (Å²) in [5.41, 5.74) is 7.20. The molecule has 0 aliphatic heterocycles. The molecule has 0 heterocycles. The van der Waals surface area contributed by atoms with Gasteiger partial charge in [-0.2, -0.15) is 0 Å². The summed E-state index contributed by atoms with van der Waals surface area (Å²) in [7, 11) is 1.68.